The summed E-state index contributed by atoms with van der Waals surface area (Å²) < 4.78 is 86.4. The van der Waals surface area contributed by atoms with E-state index in [0.29, 0.717) is 0 Å². The molecule has 0 saturated carbocycles. The summed E-state index contributed by atoms with van der Waals surface area (Å²) in [5, 5.41) is 0. The molecule has 0 aromatic carbocycles. The first-order chi connectivity index (χ1) is 19.9. The maximum Gasteiger partial charge on any atom is 0.472 e. The lowest BCUT2D eigenvalue weighted by molar-refractivity contribution is 0.141. The first-order valence-corrected chi connectivity index (χ1v) is 47.4. The van der Waals surface area contributed by atoms with Crippen molar-refractivity contribution in [2.75, 3.05) is 0 Å². The fourth-order valence-electron chi connectivity index (χ4n) is 6.45. The van der Waals surface area contributed by atoms with Crippen LogP contribution in [0.1, 0.15) is 0 Å². The standard InChI is InChI=1S/C21H63O13Si12/c1-35-22-37(5,6)29-45(20,24-36(2,3)4)34-44(19,23-35)30-40(11,12)25-38(7,8)26-41(13,14)31-46(21)32-42(15,16)27-39(9,10)28-43(17,18)33-46/h1-21H3. The smallest absolute Gasteiger partial charge is 0.417 e. The second-order valence-corrected chi connectivity index (χ2v) is 56.9. The summed E-state index contributed by atoms with van der Waals surface area (Å²) in [6.07, 6.45) is 0. The molecule has 2 fully saturated rings. The van der Waals surface area contributed by atoms with Gasteiger partial charge in [0, 0.05) is 19.6 Å². The molecule has 0 aromatic heterocycles. The molecule has 25 heteroatoms. The minimum absolute atomic E-state index is 1.73. The van der Waals surface area contributed by atoms with Gasteiger partial charge in [0.05, 0.1) is 0 Å². The topological polar surface area (TPSA) is 120 Å². The lowest BCUT2D eigenvalue weighted by atomic mass is 11.8. The highest BCUT2D eigenvalue weighted by Gasteiger charge is 2.60. The third-order valence-electron chi connectivity index (χ3n) is 5.70. The van der Waals surface area contributed by atoms with Crippen molar-refractivity contribution in [2.24, 2.45) is 0 Å². The molecule has 1 radical (unpaired) electrons. The largest absolute Gasteiger partial charge is 0.472 e. The van der Waals surface area contributed by atoms with Gasteiger partial charge in [-0.1, -0.05) is 0 Å². The van der Waals surface area contributed by atoms with Crippen molar-refractivity contribution in [1.82, 2.24) is 0 Å². The molecule has 0 aliphatic carbocycles. The summed E-state index contributed by atoms with van der Waals surface area (Å²) in [5.74, 6) is 0. The SMILES string of the molecule is C[Si]1O[Si](C)(C)O[Si](C)(O[Si](C)(C)C)O[Si](C)(O[Si](C)(C)O[Si](C)(C)O[Si](C)(C)O[Si]2(C)O[Si](C)(C)O[Si](C)(C)O[Si](C)(C)O2)O1. The highest BCUT2D eigenvalue weighted by atomic mass is 28.6. The van der Waals surface area contributed by atoms with E-state index in [1.165, 1.54) is 0 Å². The van der Waals surface area contributed by atoms with Gasteiger partial charge in [0.2, 0.25) is 0 Å². The van der Waals surface area contributed by atoms with Gasteiger partial charge in [-0.3, -0.25) is 0 Å². The quantitative estimate of drug-likeness (QED) is 0.215. The van der Waals surface area contributed by atoms with Gasteiger partial charge in [-0.25, -0.2) is 0 Å². The lowest BCUT2D eigenvalue weighted by Gasteiger charge is -2.49. The lowest BCUT2D eigenvalue weighted by Crippen LogP contribution is -2.69. The van der Waals surface area contributed by atoms with Crippen LogP contribution in [0.25, 0.3) is 0 Å². The molecule has 46 heavy (non-hydrogen) atoms. The molecular formula is C21H63O13Si12. The Hall–Kier alpha value is 2.08. The van der Waals surface area contributed by atoms with Crippen LogP contribution in [0.15, 0.2) is 0 Å². The van der Waals surface area contributed by atoms with Crippen LogP contribution < -0.4 is 0 Å². The van der Waals surface area contributed by atoms with Gasteiger partial charge in [0.25, 0.3) is 0 Å². The summed E-state index contributed by atoms with van der Waals surface area (Å²) in [6.45, 7) is 42.2. The predicted octanol–water partition coefficient (Wildman–Crippen LogP) is 6.80. The van der Waals surface area contributed by atoms with Crippen LogP contribution in [0, 0.1) is 0 Å². The van der Waals surface area contributed by atoms with E-state index >= 15 is 0 Å². The van der Waals surface area contributed by atoms with E-state index in [2.05, 4.69) is 19.6 Å². The van der Waals surface area contributed by atoms with E-state index in [0.717, 1.165) is 0 Å². The van der Waals surface area contributed by atoms with E-state index in [1.54, 1.807) is 0 Å². The highest BCUT2D eigenvalue weighted by Crippen LogP contribution is 2.35. The van der Waals surface area contributed by atoms with E-state index in [9.17, 15) is 0 Å². The summed E-state index contributed by atoms with van der Waals surface area (Å²) in [7, 11) is -32.5. The van der Waals surface area contributed by atoms with Crippen LogP contribution in [0.5, 0.6) is 0 Å². The fraction of sp³-hybridized carbons (Fsp3) is 1.00. The molecule has 2 aliphatic rings. The molecule has 273 valence electrons. The molecule has 2 heterocycles. The van der Waals surface area contributed by atoms with Gasteiger partial charge >= 0.3 is 95.6 Å². The number of hydrogen-bond acceptors (Lipinski definition) is 13. The van der Waals surface area contributed by atoms with Crippen molar-refractivity contribution < 1.29 is 53.5 Å². The fourth-order valence-corrected chi connectivity index (χ4v) is 64.5. The Morgan fingerprint density at radius 3 is 1.15 bits per heavy atom. The zero-order valence-electron chi connectivity index (χ0n) is 32.3. The number of rotatable bonds is 10. The van der Waals surface area contributed by atoms with E-state index in [4.69, 9.17) is 53.5 Å². The summed E-state index contributed by atoms with van der Waals surface area (Å²) >= 11 is 0. The molecule has 2 rings (SSSR count). The highest BCUT2D eigenvalue weighted by molar-refractivity contribution is 6.95. The van der Waals surface area contributed by atoms with Gasteiger partial charge in [-0.2, -0.15) is 0 Å². The van der Waals surface area contributed by atoms with Crippen LogP contribution in [-0.2, 0) is 53.5 Å². The van der Waals surface area contributed by atoms with Crippen molar-refractivity contribution in [3.05, 3.63) is 0 Å². The molecule has 13 nitrogen and oxygen atoms in total. The zero-order valence-corrected chi connectivity index (χ0v) is 44.3. The van der Waals surface area contributed by atoms with Crippen LogP contribution in [0.3, 0.4) is 0 Å². The van der Waals surface area contributed by atoms with Crippen molar-refractivity contribution >= 4 is 104 Å². The van der Waals surface area contributed by atoms with E-state index in [-0.39, 0.29) is 0 Å². The molecule has 2 atom stereocenters. The molecule has 0 amide bonds. The van der Waals surface area contributed by atoms with E-state index in [1.807, 2.05) is 118 Å². The Morgan fingerprint density at radius 1 is 0.391 bits per heavy atom. The minimum atomic E-state index is -3.36. The normalized spacial score (nSPS) is 31.0. The Bertz CT molecular complexity index is 1050. The molecular weight excluding hydrogens is 797 g/mol. The first kappa shape index (κ1) is 44.2. The van der Waals surface area contributed by atoms with Crippen molar-refractivity contribution in [2.45, 2.75) is 137 Å². The van der Waals surface area contributed by atoms with Crippen LogP contribution in [0.4, 0.5) is 0 Å². The molecule has 0 N–H and O–H groups in total. The average Bonchev–Trinajstić information content (AvgIpc) is 2.53. The third kappa shape index (κ3) is 15.4. The zero-order chi connectivity index (χ0) is 36.3. The molecule has 2 unspecified atom stereocenters. The maximum absolute atomic E-state index is 6.81. The molecule has 0 spiro atoms. The number of hydrogen-bond donors (Lipinski definition) is 0. The van der Waals surface area contributed by atoms with E-state index < -0.39 is 104 Å². The van der Waals surface area contributed by atoms with Crippen molar-refractivity contribution in [3.8, 4) is 0 Å². The van der Waals surface area contributed by atoms with Crippen molar-refractivity contribution in [1.29, 1.82) is 0 Å². The van der Waals surface area contributed by atoms with Gasteiger partial charge in [-0.05, 0) is 118 Å². The van der Waals surface area contributed by atoms with Gasteiger partial charge < -0.3 is 53.5 Å². The second kappa shape index (κ2) is 14.1. The molecule has 2 aliphatic heterocycles. The van der Waals surface area contributed by atoms with Crippen LogP contribution in [0.2, 0.25) is 137 Å². The third-order valence-corrected chi connectivity index (χ3v) is 51.3. The summed E-state index contributed by atoms with van der Waals surface area (Å²) in [6, 6.07) is 0. The van der Waals surface area contributed by atoms with Crippen LogP contribution in [-0.4, -0.2) is 104 Å². The van der Waals surface area contributed by atoms with Crippen molar-refractivity contribution in [3.63, 3.8) is 0 Å². The monoisotopic (exact) mass is 859 g/mol. The van der Waals surface area contributed by atoms with Gasteiger partial charge in [0.1, 0.15) is 0 Å². The van der Waals surface area contributed by atoms with Crippen LogP contribution >= 0.6 is 0 Å². The molecule has 0 aromatic rings. The Balaban J connectivity index is 2.27. The minimum Gasteiger partial charge on any atom is -0.417 e. The summed E-state index contributed by atoms with van der Waals surface area (Å²) in [4.78, 5) is 0. The Morgan fingerprint density at radius 2 is 0.739 bits per heavy atom. The van der Waals surface area contributed by atoms with Gasteiger partial charge in [0.15, 0.2) is 8.32 Å². The maximum atomic E-state index is 6.81. The Labute approximate surface area is 293 Å². The first-order valence-electron chi connectivity index (χ1n) is 15.8. The molecule has 0 bridgehead atoms. The van der Waals surface area contributed by atoms with Gasteiger partial charge in [-0.15, -0.1) is 0 Å². The second-order valence-electron chi connectivity index (χ2n) is 16.3. The molecule has 2 saturated heterocycles. The average molecular weight is 861 g/mol. The summed E-state index contributed by atoms with van der Waals surface area (Å²) in [5.41, 5.74) is 0. The Kier molecular flexibility index (Phi) is 13.6. The predicted molar refractivity (Wildman–Crippen MR) is 206 cm³/mol.